The zero-order valence-electron chi connectivity index (χ0n) is 12.1. The molecular weight excluding hydrogens is 288 g/mol. The van der Waals surface area contributed by atoms with Crippen LogP contribution in [0.2, 0.25) is 0 Å². The van der Waals surface area contributed by atoms with Gasteiger partial charge in [-0.25, -0.2) is 9.69 Å². The molecule has 1 saturated heterocycles. The van der Waals surface area contributed by atoms with Crippen molar-refractivity contribution in [1.82, 2.24) is 9.80 Å². The number of carbonyl (C=O) groups excluding carboxylic acids is 4. The molecule has 0 aromatic heterocycles. The Morgan fingerprint density at radius 1 is 1.32 bits per heavy atom. The third kappa shape index (κ3) is 2.63. The summed E-state index contributed by atoms with van der Waals surface area (Å²) in [6.45, 7) is 2.82. The summed E-state index contributed by atoms with van der Waals surface area (Å²) in [5, 5.41) is 8.91. The number of imide groups is 2. The highest BCUT2D eigenvalue weighted by Crippen LogP contribution is 2.27. The number of hydrogen-bond donors (Lipinski definition) is 1. The van der Waals surface area contributed by atoms with E-state index in [1.54, 1.807) is 6.07 Å². The molecule has 1 aliphatic carbocycles. The van der Waals surface area contributed by atoms with E-state index in [1.165, 1.54) is 0 Å². The summed E-state index contributed by atoms with van der Waals surface area (Å²) in [6.07, 6.45) is 3.13. The molecule has 0 aromatic rings. The fraction of sp³-hybridized carbons (Fsp3) is 0.500. The van der Waals surface area contributed by atoms with Crippen LogP contribution in [0.1, 0.15) is 25.7 Å². The largest absolute Gasteiger partial charge is 0.334 e. The highest BCUT2D eigenvalue weighted by atomic mass is 16.2. The van der Waals surface area contributed by atoms with Crippen LogP contribution >= 0.6 is 0 Å². The Morgan fingerprint density at radius 3 is 2.41 bits per heavy atom. The van der Waals surface area contributed by atoms with E-state index in [-0.39, 0.29) is 11.7 Å². The molecule has 0 aromatic carbocycles. The summed E-state index contributed by atoms with van der Waals surface area (Å²) in [5.41, 5.74) is 3.52. The summed E-state index contributed by atoms with van der Waals surface area (Å²) >= 11 is 0. The van der Waals surface area contributed by atoms with Gasteiger partial charge in [0.25, 0.3) is 0 Å². The van der Waals surface area contributed by atoms with Gasteiger partial charge in [-0.2, -0.15) is 5.26 Å². The van der Waals surface area contributed by atoms with Gasteiger partial charge >= 0.3 is 17.8 Å². The lowest BCUT2D eigenvalue weighted by Crippen LogP contribution is -2.52. The van der Waals surface area contributed by atoms with Crippen LogP contribution in [0.25, 0.3) is 0 Å². The van der Waals surface area contributed by atoms with E-state index < -0.39 is 36.1 Å². The molecule has 3 N–H and O–H groups in total. The van der Waals surface area contributed by atoms with Crippen molar-refractivity contribution < 1.29 is 24.9 Å². The highest BCUT2D eigenvalue weighted by molar-refractivity contribution is 6.45. The number of ketones is 1. The molecule has 1 aliphatic heterocycles. The average Bonchev–Trinajstić information content (AvgIpc) is 3.03. The summed E-state index contributed by atoms with van der Waals surface area (Å²) in [7, 11) is 0. The third-order valence-electron chi connectivity index (χ3n) is 3.95. The zero-order chi connectivity index (χ0) is 16.4. The minimum atomic E-state index is -1.20. The van der Waals surface area contributed by atoms with Crippen LogP contribution in [0, 0.1) is 17.2 Å². The van der Waals surface area contributed by atoms with Crippen LogP contribution < -0.4 is 5.73 Å². The van der Waals surface area contributed by atoms with Crippen molar-refractivity contribution in [3.05, 3.63) is 12.3 Å². The van der Waals surface area contributed by atoms with Crippen molar-refractivity contribution in [2.45, 2.75) is 31.7 Å². The number of urea groups is 1. The van der Waals surface area contributed by atoms with Gasteiger partial charge in [0.1, 0.15) is 5.70 Å². The molecule has 1 saturated carbocycles. The minimum absolute atomic E-state index is 0.0885. The summed E-state index contributed by atoms with van der Waals surface area (Å²) in [4.78, 5) is 49.7. The van der Waals surface area contributed by atoms with Crippen LogP contribution in [-0.2, 0) is 14.4 Å². The lowest BCUT2D eigenvalue weighted by atomic mass is 10.0. The number of allylic oxidation sites excluding steroid dienone is 1. The number of rotatable bonds is 5. The van der Waals surface area contributed by atoms with E-state index in [0.29, 0.717) is 17.7 Å². The molecule has 4 amide bonds. The molecule has 0 radical (unpaired) electrons. The molecule has 2 rings (SSSR count). The lowest BCUT2D eigenvalue weighted by molar-refractivity contribution is -0.309. The van der Waals surface area contributed by atoms with E-state index in [0.717, 1.165) is 17.7 Å². The Hall–Kier alpha value is -2.53. The van der Waals surface area contributed by atoms with Gasteiger partial charge in [0, 0.05) is 6.04 Å². The fourth-order valence-corrected chi connectivity index (χ4v) is 2.78. The second kappa shape index (κ2) is 6.07. The van der Waals surface area contributed by atoms with Gasteiger partial charge in [-0.15, -0.1) is 0 Å². The Kier molecular flexibility index (Phi) is 4.37. The molecule has 2 fully saturated rings. The average molecular weight is 305 g/mol. The minimum Gasteiger partial charge on any atom is -0.328 e. The SMILES string of the molecule is C=C([NH3+])[C@@H](C#N)C(=O)CN1C(=O)C(=O)N(C2CCCC2)C1=O. The van der Waals surface area contributed by atoms with Crippen molar-refractivity contribution in [3.8, 4) is 6.07 Å². The Labute approximate surface area is 127 Å². The zero-order valence-corrected chi connectivity index (χ0v) is 12.1. The van der Waals surface area contributed by atoms with Gasteiger partial charge in [-0.05, 0) is 19.4 Å². The number of quaternary nitrogens is 1. The monoisotopic (exact) mass is 305 g/mol. The molecular formula is C14H17N4O4+. The number of amides is 4. The molecule has 2 aliphatic rings. The highest BCUT2D eigenvalue weighted by Gasteiger charge is 2.49. The van der Waals surface area contributed by atoms with Gasteiger partial charge in [0.15, 0.2) is 11.7 Å². The smallest absolute Gasteiger partial charge is 0.328 e. The van der Waals surface area contributed by atoms with Crippen LogP contribution in [0.3, 0.4) is 0 Å². The molecule has 22 heavy (non-hydrogen) atoms. The molecule has 1 heterocycles. The maximum atomic E-state index is 12.3. The molecule has 8 nitrogen and oxygen atoms in total. The second-order valence-corrected chi connectivity index (χ2v) is 5.47. The molecule has 1 atom stereocenters. The quantitative estimate of drug-likeness (QED) is 0.525. The maximum Gasteiger partial charge on any atom is 0.334 e. The van der Waals surface area contributed by atoms with E-state index in [4.69, 9.17) is 5.26 Å². The first-order valence-electron chi connectivity index (χ1n) is 7.00. The van der Waals surface area contributed by atoms with Gasteiger partial charge in [0.05, 0.1) is 12.6 Å². The summed E-state index contributed by atoms with van der Waals surface area (Å²) in [5.74, 6) is -3.79. The van der Waals surface area contributed by atoms with Gasteiger partial charge in [-0.1, -0.05) is 12.8 Å². The summed E-state index contributed by atoms with van der Waals surface area (Å²) < 4.78 is 0. The predicted octanol–water partition coefficient (Wildman–Crippen LogP) is -0.816. The van der Waals surface area contributed by atoms with Crippen molar-refractivity contribution in [2.24, 2.45) is 5.92 Å². The van der Waals surface area contributed by atoms with Crippen LogP contribution in [0.15, 0.2) is 12.3 Å². The van der Waals surface area contributed by atoms with Crippen molar-refractivity contribution in [3.63, 3.8) is 0 Å². The van der Waals surface area contributed by atoms with Crippen molar-refractivity contribution in [1.29, 1.82) is 5.26 Å². The lowest BCUT2D eigenvalue weighted by Gasteiger charge is -2.21. The Morgan fingerprint density at radius 2 is 1.91 bits per heavy atom. The first kappa shape index (κ1) is 15.9. The molecule has 0 spiro atoms. The molecule has 0 unspecified atom stereocenters. The molecule has 0 bridgehead atoms. The van der Waals surface area contributed by atoms with Crippen molar-refractivity contribution >= 4 is 23.6 Å². The molecule has 8 heteroatoms. The van der Waals surface area contributed by atoms with Gasteiger partial charge in [0.2, 0.25) is 0 Å². The Balaban J connectivity index is 2.15. The number of carbonyl (C=O) groups is 4. The third-order valence-corrected chi connectivity index (χ3v) is 3.95. The van der Waals surface area contributed by atoms with Crippen LogP contribution in [-0.4, -0.2) is 46.0 Å². The predicted molar refractivity (Wildman–Crippen MR) is 72.3 cm³/mol. The number of nitrogens with zero attached hydrogens (tertiary/aromatic N) is 3. The number of Topliss-reactive ketones (excluding diaryl/α,β-unsaturated/α-hetero) is 1. The molecule has 116 valence electrons. The van der Waals surface area contributed by atoms with E-state index in [2.05, 4.69) is 12.3 Å². The second-order valence-electron chi connectivity index (χ2n) is 5.47. The van der Waals surface area contributed by atoms with Crippen LogP contribution in [0.4, 0.5) is 4.79 Å². The fourth-order valence-electron chi connectivity index (χ4n) is 2.78. The van der Waals surface area contributed by atoms with Crippen molar-refractivity contribution in [2.75, 3.05) is 6.54 Å². The van der Waals surface area contributed by atoms with E-state index >= 15 is 0 Å². The first-order valence-corrected chi connectivity index (χ1v) is 7.00. The van der Waals surface area contributed by atoms with Crippen LogP contribution in [0.5, 0.6) is 0 Å². The maximum absolute atomic E-state index is 12.3. The topological polar surface area (TPSA) is 126 Å². The van der Waals surface area contributed by atoms with E-state index in [9.17, 15) is 19.2 Å². The standard InChI is InChI=1S/C14H16N4O4/c1-8(16)10(6-15)11(19)7-17-12(20)13(21)18(14(17)22)9-4-2-3-5-9/h9-10H,1-5,7,16H2/p+1/t10-/m1/s1. The first-order chi connectivity index (χ1) is 10.4. The van der Waals surface area contributed by atoms with Gasteiger partial charge < -0.3 is 5.73 Å². The Bertz CT molecular complexity index is 600. The van der Waals surface area contributed by atoms with Gasteiger partial charge in [-0.3, -0.25) is 19.3 Å². The number of hydrogen-bond acceptors (Lipinski definition) is 5. The summed E-state index contributed by atoms with van der Waals surface area (Å²) in [6, 6.07) is 0.668. The van der Waals surface area contributed by atoms with E-state index in [1.807, 2.05) is 0 Å². The number of nitriles is 1. The normalized spacial score (nSPS) is 20.5.